The Morgan fingerprint density at radius 3 is 2.45 bits per heavy atom. The van der Waals surface area contributed by atoms with Crippen LogP contribution in [0.2, 0.25) is 0 Å². The molecule has 0 atom stereocenters. The van der Waals surface area contributed by atoms with E-state index in [0.717, 1.165) is 30.8 Å². The zero-order chi connectivity index (χ0) is 22.8. The number of rotatable bonds is 6. The first-order valence-electron chi connectivity index (χ1n) is 8.15. The molecule has 3 aromatic rings. The van der Waals surface area contributed by atoms with Crippen LogP contribution in [-0.2, 0) is 9.84 Å². The van der Waals surface area contributed by atoms with E-state index in [0.29, 0.717) is 6.07 Å². The lowest BCUT2D eigenvalue weighted by molar-refractivity contribution is -0.384. The number of ether oxygens (including phenoxy) is 1. The van der Waals surface area contributed by atoms with Gasteiger partial charge in [0.25, 0.3) is 11.6 Å². The molecule has 0 aliphatic rings. The van der Waals surface area contributed by atoms with Crippen LogP contribution in [0.15, 0.2) is 48.0 Å². The van der Waals surface area contributed by atoms with Gasteiger partial charge in [0.1, 0.15) is 11.4 Å². The third-order valence-electron chi connectivity index (χ3n) is 3.70. The number of pyridine rings is 1. The summed E-state index contributed by atoms with van der Waals surface area (Å²) in [4.78, 5) is 33.4. The summed E-state index contributed by atoms with van der Waals surface area (Å²) in [5.74, 6) is -5.52. The third-order valence-corrected chi connectivity index (χ3v) is 4.70. The van der Waals surface area contributed by atoms with E-state index in [1.54, 1.807) is 0 Å². The minimum atomic E-state index is -3.61. The molecule has 0 fully saturated rings. The van der Waals surface area contributed by atoms with Gasteiger partial charge in [-0.25, -0.2) is 22.8 Å². The molecule has 14 heteroatoms. The first kappa shape index (κ1) is 21.6. The van der Waals surface area contributed by atoms with Gasteiger partial charge in [-0.15, -0.1) is 0 Å². The molecule has 1 aromatic carbocycles. The smallest absolute Gasteiger partial charge is 0.299 e. The molecule has 160 valence electrons. The van der Waals surface area contributed by atoms with Crippen LogP contribution in [0.25, 0.3) is 0 Å². The van der Waals surface area contributed by atoms with Crippen LogP contribution in [0.1, 0.15) is 10.5 Å². The van der Waals surface area contributed by atoms with E-state index in [2.05, 4.69) is 15.0 Å². The number of amides is 1. The van der Waals surface area contributed by atoms with Gasteiger partial charge in [-0.3, -0.25) is 19.9 Å². The number of halogens is 2. The molecular weight excluding hydrogens is 440 g/mol. The zero-order valence-corrected chi connectivity index (χ0v) is 16.3. The average molecular weight is 451 g/mol. The van der Waals surface area contributed by atoms with Crippen molar-refractivity contribution in [3.63, 3.8) is 0 Å². The number of sulfone groups is 1. The van der Waals surface area contributed by atoms with Gasteiger partial charge in [0.15, 0.2) is 32.1 Å². The van der Waals surface area contributed by atoms with Crippen LogP contribution in [0.5, 0.6) is 11.5 Å². The van der Waals surface area contributed by atoms with Crippen LogP contribution in [0.3, 0.4) is 0 Å². The molecule has 2 heterocycles. The SMILES string of the molecule is CS(=O)(=O)c1ccc(Oc2cc([N+](=O)[O-])c(NC(=O)c3cnccn3)c(F)c2F)cn1. The van der Waals surface area contributed by atoms with E-state index >= 15 is 0 Å². The normalized spacial score (nSPS) is 11.1. The van der Waals surface area contributed by atoms with Crippen molar-refractivity contribution in [1.82, 2.24) is 15.0 Å². The summed E-state index contributed by atoms with van der Waals surface area (Å²) in [5.41, 5.74) is -2.31. The summed E-state index contributed by atoms with van der Waals surface area (Å²) in [7, 11) is -3.61. The number of aromatic nitrogens is 3. The molecule has 0 saturated heterocycles. The lowest BCUT2D eigenvalue weighted by atomic mass is 10.2. The van der Waals surface area contributed by atoms with E-state index in [4.69, 9.17) is 4.74 Å². The largest absolute Gasteiger partial charge is 0.452 e. The number of nitrogens with zero attached hydrogens (tertiary/aromatic N) is 4. The second-order valence-electron chi connectivity index (χ2n) is 5.91. The summed E-state index contributed by atoms with van der Waals surface area (Å²) in [5, 5.41) is 13.0. The van der Waals surface area contributed by atoms with Crippen molar-refractivity contribution in [2.75, 3.05) is 11.6 Å². The molecule has 1 N–H and O–H groups in total. The van der Waals surface area contributed by atoms with Crippen molar-refractivity contribution in [3.8, 4) is 11.5 Å². The van der Waals surface area contributed by atoms with Crippen molar-refractivity contribution in [1.29, 1.82) is 0 Å². The van der Waals surface area contributed by atoms with Gasteiger partial charge < -0.3 is 10.1 Å². The molecule has 3 rings (SSSR count). The standard InChI is InChI=1S/C17H11F2N5O6S/c1-31(28,29)13-3-2-9(7-22-13)30-12-6-11(24(26)27)16(15(19)14(12)18)23-17(25)10-8-20-4-5-21-10/h2-8H,1H3,(H,23,25). The molecule has 0 spiro atoms. The molecule has 0 radical (unpaired) electrons. The molecule has 0 aliphatic heterocycles. The molecule has 0 saturated carbocycles. The molecule has 2 aromatic heterocycles. The molecule has 0 unspecified atom stereocenters. The fraction of sp³-hybridized carbons (Fsp3) is 0.0588. The quantitative estimate of drug-likeness (QED) is 0.440. The van der Waals surface area contributed by atoms with Crippen molar-refractivity contribution < 1.29 is 31.7 Å². The average Bonchev–Trinajstić information content (AvgIpc) is 2.73. The lowest BCUT2D eigenvalue weighted by Crippen LogP contribution is -2.16. The summed E-state index contributed by atoms with van der Waals surface area (Å²) in [6.07, 6.45) is 5.30. The highest BCUT2D eigenvalue weighted by molar-refractivity contribution is 7.90. The van der Waals surface area contributed by atoms with Gasteiger partial charge in [-0.2, -0.15) is 4.39 Å². The summed E-state index contributed by atoms with van der Waals surface area (Å²) in [6.45, 7) is 0. The van der Waals surface area contributed by atoms with Gasteiger partial charge in [0, 0.05) is 18.6 Å². The number of hydrogen-bond acceptors (Lipinski definition) is 9. The Bertz CT molecular complexity index is 1270. The maximum Gasteiger partial charge on any atom is 0.299 e. The number of anilines is 1. The Hall–Kier alpha value is -4.07. The molecule has 0 aliphatic carbocycles. The van der Waals surface area contributed by atoms with Crippen LogP contribution < -0.4 is 10.1 Å². The number of carbonyl (C=O) groups excluding carboxylic acids is 1. The Balaban J connectivity index is 1.97. The molecule has 31 heavy (non-hydrogen) atoms. The van der Waals surface area contributed by atoms with E-state index < -0.39 is 49.4 Å². The van der Waals surface area contributed by atoms with Gasteiger partial charge in [-0.05, 0) is 12.1 Å². The third kappa shape index (κ3) is 4.75. The highest BCUT2D eigenvalue weighted by Gasteiger charge is 2.28. The number of carbonyl (C=O) groups is 1. The first-order valence-corrected chi connectivity index (χ1v) is 10.0. The number of nitro groups is 1. The number of hydrogen-bond donors (Lipinski definition) is 1. The number of nitro benzene ring substituents is 1. The van der Waals surface area contributed by atoms with Crippen molar-refractivity contribution in [2.24, 2.45) is 0 Å². The van der Waals surface area contributed by atoms with E-state index in [-0.39, 0.29) is 16.5 Å². The second-order valence-corrected chi connectivity index (χ2v) is 7.87. The maximum atomic E-state index is 14.6. The topological polar surface area (TPSA) is 154 Å². The van der Waals surface area contributed by atoms with Crippen LogP contribution in [-0.4, -0.2) is 40.5 Å². The summed E-state index contributed by atoms with van der Waals surface area (Å²) in [6, 6.07) is 2.73. The Labute approximate surface area is 172 Å². The summed E-state index contributed by atoms with van der Waals surface area (Å²) < 4.78 is 57.0. The van der Waals surface area contributed by atoms with Crippen LogP contribution >= 0.6 is 0 Å². The Morgan fingerprint density at radius 2 is 1.90 bits per heavy atom. The van der Waals surface area contributed by atoms with E-state index in [1.807, 2.05) is 5.32 Å². The second kappa shape index (κ2) is 8.35. The predicted octanol–water partition coefficient (Wildman–Crippen LogP) is 2.51. The van der Waals surface area contributed by atoms with Gasteiger partial charge in [0.05, 0.1) is 23.4 Å². The van der Waals surface area contributed by atoms with Crippen LogP contribution in [0.4, 0.5) is 20.2 Å². The minimum absolute atomic E-state index is 0.212. The van der Waals surface area contributed by atoms with Crippen LogP contribution in [0, 0.1) is 21.7 Å². The van der Waals surface area contributed by atoms with E-state index in [1.165, 1.54) is 12.4 Å². The molecule has 11 nitrogen and oxygen atoms in total. The fourth-order valence-electron chi connectivity index (χ4n) is 2.29. The predicted molar refractivity (Wildman–Crippen MR) is 100 cm³/mol. The van der Waals surface area contributed by atoms with Crippen molar-refractivity contribution in [2.45, 2.75) is 5.03 Å². The van der Waals surface area contributed by atoms with Gasteiger partial charge in [-0.1, -0.05) is 0 Å². The lowest BCUT2D eigenvalue weighted by Gasteiger charge is -2.11. The first-order chi connectivity index (χ1) is 14.6. The number of nitrogens with one attached hydrogen (secondary N) is 1. The highest BCUT2D eigenvalue weighted by atomic mass is 32.2. The van der Waals surface area contributed by atoms with E-state index in [9.17, 15) is 32.1 Å². The summed E-state index contributed by atoms with van der Waals surface area (Å²) >= 11 is 0. The Morgan fingerprint density at radius 1 is 1.16 bits per heavy atom. The fourth-order valence-corrected chi connectivity index (χ4v) is 2.85. The van der Waals surface area contributed by atoms with Crippen molar-refractivity contribution in [3.05, 3.63) is 70.4 Å². The van der Waals surface area contributed by atoms with Gasteiger partial charge >= 0.3 is 0 Å². The number of benzene rings is 1. The molecule has 0 bridgehead atoms. The molecular formula is C17H11F2N5O6S. The van der Waals surface area contributed by atoms with Crippen molar-refractivity contribution >= 4 is 27.1 Å². The monoisotopic (exact) mass is 451 g/mol. The zero-order valence-electron chi connectivity index (χ0n) is 15.4. The minimum Gasteiger partial charge on any atom is -0.452 e. The highest BCUT2D eigenvalue weighted by Crippen LogP contribution is 2.37. The molecule has 1 amide bonds. The Kier molecular flexibility index (Phi) is 5.83. The maximum absolute atomic E-state index is 14.6. The van der Waals surface area contributed by atoms with Gasteiger partial charge in [0.2, 0.25) is 5.82 Å².